The van der Waals surface area contributed by atoms with Gasteiger partial charge in [-0.2, -0.15) is 0 Å². The van der Waals surface area contributed by atoms with E-state index in [0.717, 1.165) is 13.1 Å². The van der Waals surface area contributed by atoms with E-state index < -0.39 is 5.60 Å². The van der Waals surface area contributed by atoms with Crippen LogP contribution in [0.15, 0.2) is 0 Å². The zero-order chi connectivity index (χ0) is 12.2. The van der Waals surface area contributed by atoms with Gasteiger partial charge in [0.2, 0.25) is 0 Å². The second-order valence-electron chi connectivity index (χ2n) is 5.46. The minimum absolute atomic E-state index is 0.320. The minimum Gasteiger partial charge on any atom is -0.444 e. The van der Waals surface area contributed by atoms with Gasteiger partial charge in [0, 0.05) is 19.1 Å². The molecule has 0 bridgehead atoms. The number of nitrogens with one attached hydrogen (secondary N) is 1. The molecule has 1 saturated heterocycles. The SMILES string of the molecule is C[C@@H]1CCCN1CCNC(=O)OC(C)(C)C. The number of amides is 1. The lowest BCUT2D eigenvalue weighted by Gasteiger charge is -2.22. The maximum atomic E-state index is 11.4. The Morgan fingerprint density at radius 2 is 2.19 bits per heavy atom. The Bertz CT molecular complexity index is 236. The first-order valence-corrected chi connectivity index (χ1v) is 6.09. The van der Waals surface area contributed by atoms with Crippen LogP contribution in [0, 0.1) is 0 Å². The molecule has 4 nitrogen and oxygen atoms in total. The Balaban J connectivity index is 2.13. The predicted octanol–water partition coefficient (Wildman–Crippen LogP) is 2.00. The van der Waals surface area contributed by atoms with E-state index in [1.54, 1.807) is 0 Å². The highest BCUT2D eigenvalue weighted by Gasteiger charge is 2.20. The van der Waals surface area contributed by atoms with Crippen molar-refractivity contribution in [2.75, 3.05) is 19.6 Å². The Labute approximate surface area is 98.3 Å². The summed E-state index contributed by atoms with van der Waals surface area (Å²) in [7, 11) is 0. The fourth-order valence-corrected chi connectivity index (χ4v) is 1.94. The van der Waals surface area contributed by atoms with Gasteiger partial charge in [-0.15, -0.1) is 0 Å². The third-order valence-electron chi connectivity index (χ3n) is 2.76. The summed E-state index contributed by atoms with van der Waals surface area (Å²) in [6.45, 7) is 10.6. The first-order valence-electron chi connectivity index (χ1n) is 6.09. The number of carbonyl (C=O) groups is 1. The summed E-state index contributed by atoms with van der Waals surface area (Å²) in [6, 6.07) is 0.653. The van der Waals surface area contributed by atoms with Crippen LogP contribution in [0.25, 0.3) is 0 Å². The summed E-state index contributed by atoms with van der Waals surface area (Å²) >= 11 is 0. The highest BCUT2D eigenvalue weighted by molar-refractivity contribution is 5.67. The fourth-order valence-electron chi connectivity index (χ4n) is 1.94. The van der Waals surface area contributed by atoms with Gasteiger partial charge in [0.15, 0.2) is 0 Å². The molecule has 1 aliphatic rings. The molecular weight excluding hydrogens is 204 g/mol. The Hall–Kier alpha value is -0.770. The Morgan fingerprint density at radius 3 is 2.69 bits per heavy atom. The van der Waals surface area contributed by atoms with E-state index >= 15 is 0 Å². The predicted molar refractivity (Wildman–Crippen MR) is 64.5 cm³/mol. The van der Waals surface area contributed by atoms with Crippen LogP contribution in [-0.2, 0) is 4.74 Å². The van der Waals surface area contributed by atoms with Crippen molar-refractivity contribution in [2.45, 2.75) is 52.2 Å². The first kappa shape index (κ1) is 13.3. The Morgan fingerprint density at radius 1 is 1.50 bits per heavy atom. The van der Waals surface area contributed by atoms with Crippen molar-refractivity contribution in [2.24, 2.45) is 0 Å². The molecule has 0 spiro atoms. The van der Waals surface area contributed by atoms with Crippen molar-refractivity contribution in [3.63, 3.8) is 0 Å². The van der Waals surface area contributed by atoms with Crippen LogP contribution in [-0.4, -0.2) is 42.3 Å². The number of rotatable bonds is 3. The van der Waals surface area contributed by atoms with E-state index in [9.17, 15) is 4.79 Å². The van der Waals surface area contributed by atoms with Gasteiger partial charge >= 0.3 is 6.09 Å². The third kappa shape index (κ3) is 4.84. The van der Waals surface area contributed by atoms with Crippen LogP contribution < -0.4 is 5.32 Å². The molecule has 1 N–H and O–H groups in total. The number of carbonyl (C=O) groups excluding carboxylic acids is 1. The summed E-state index contributed by atoms with van der Waals surface area (Å²) in [5.74, 6) is 0. The van der Waals surface area contributed by atoms with Gasteiger partial charge in [0.25, 0.3) is 0 Å². The van der Waals surface area contributed by atoms with E-state index in [0.29, 0.717) is 12.6 Å². The highest BCUT2D eigenvalue weighted by Crippen LogP contribution is 2.15. The molecule has 0 unspecified atom stereocenters. The highest BCUT2D eigenvalue weighted by atomic mass is 16.6. The van der Waals surface area contributed by atoms with Gasteiger partial charge in [-0.1, -0.05) is 0 Å². The molecule has 16 heavy (non-hydrogen) atoms. The molecule has 0 aliphatic carbocycles. The molecular formula is C12H24N2O2. The van der Waals surface area contributed by atoms with E-state index in [-0.39, 0.29) is 6.09 Å². The van der Waals surface area contributed by atoms with E-state index in [4.69, 9.17) is 4.74 Å². The number of ether oxygens (including phenoxy) is 1. The summed E-state index contributed by atoms with van der Waals surface area (Å²) in [4.78, 5) is 13.8. The van der Waals surface area contributed by atoms with Crippen LogP contribution in [0.4, 0.5) is 4.79 Å². The Kier molecular flexibility index (Phi) is 4.59. The zero-order valence-corrected chi connectivity index (χ0v) is 10.9. The topological polar surface area (TPSA) is 41.6 Å². The van der Waals surface area contributed by atoms with E-state index in [1.807, 2.05) is 20.8 Å². The monoisotopic (exact) mass is 228 g/mol. The van der Waals surface area contributed by atoms with Crippen molar-refractivity contribution in [1.82, 2.24) is 10.2 Å². The van der Waals surface area contributed by atoms with Gasteiger partial charge in [0.05, 0.1) is 0 Å². The van der Waals surface area contributed by atoms with Crippen molar-refractivity contribution < 1.29 is 9.53 Å². The normalized spacial score (nSPS) is 22.1. The lowest BCUT2D eigenvalue weighted by Crippen LogP contribution is -2.38. The van der Waals surface area contributed by atoms with E-state index in [1.165, 1.54) is 12.8 Å². The smallest absolute Gasteiger partial charge is 0.407 e. The molecule has 1 fully saturated rings. The van der Waals surface area contributed by atoms with Crippen LogP contribution >= 0.6 is 0 Å². The zero-order valence-electron chi connectivity index (χ0n) is 10.9. The number of nitrogens with zero attached hydrogens (tertiary/aromatic N) is 1. The average molecular weight is 228 g/mol. The van der Waals surface area contributed by atoms with Crippen molar-refractivity contribution >= 4 is 6.09 Å². The summed E-state index contributed by atoms with van der Waals surface area (Å²) in [5.41, 5.74) is -0.412. The molecule has 94 valence electrons. The number of hydrogen-bond acceptors (Lipinski definition) is 3. The van der Waals surface area contributed by atoms with Crippen LogP contribution in [0.1, 0.15) is 40.5 Å². The molecule has 0 aromatic carbocycles. The summed E-state index contributed by atoms with van der Waals surface area (Å²) in [6.07, 6.45) is 2.22. The maximum Gasteiger partial charge on any atom is 0.407 e. The number of alkyl carbamates (subject to hydrolysis) is 1. The van der Waals surface area contributed by atoms with E-state index in [2.05, 4.69) is 17.1 Å². The lowest BCUT2D eigenvalue weighted by atomic mass is 10.2. The quantitative estimate of drug-likeness (QED) is 0.803. The molecule has 0 aromatic rings. The summed E-state index contributed by atoms with van der Waals surface area (Å²) < 4.78 is 5.16. The van der Waals surface area contributed by atoms with Crippen LogP contribution in [0.5, 0.6) is 0 Å². The fraction of sp³-hybridized carbons (Fsp3) is 0.917. The molecule has 1 rings (SSSR count). The second kappa shape index (κ2) is 5.53. The molecule has 1 atom stereocenters. The standard InChI is InChI=1S/C12H24N2O2/c1-10-6-5-8-14(10)9-7-13-11(15)16-12(2,3)4/h10H,5-9H2,1-4H3,(H,13,15)/t10-/m1/s1. The molecule has 0 radical (unpaired) electrons. The summed E-state index contributed by atoms with van der Waals surface area (Å²) in [5, 5.41) is 2.78. The molecule has 0 aromatic heterocycles. The maximum absolute atomic E-state index is 11.4. The average Bonchev–Trinajstić information content (AvgIpc) is 2.48. The first-order chi connectivity index (χ1) is 7.38. The van der Waals surface area contributed by atoms with Crippen LogP contribution in [0.3, 0.4) is 0 Å². The number of hydrogen-bond donors (Lipinski definition) is 1. The van der Waals surface area contributed by atoms with Gasteiger partial charge < -0.3 is 10.1 Å². The minimum atomic E-state index is -0.412. The molecule has 1 amide bonds. The largest absolute Gasteiger partial charge is 0.444 e. The molecule has 4 heteroatoms. The van der Waals surface area contributed by atoms with Crippen molar-refractivity contribution in [3.8, 4) is 0 Å². The third-order valence-corrected chi connectivity index (χ3v) is 2.76. The number of likely N-dealkylation sites (tertiary alicyclic amines) is 1. The van der Waals surface area contributed by atoms with Crippen molar-refractivity contribution in [3.05, 3.63) is 0 Å². The second-order valence-corrected chi connectivity index (χ2v) is 5.46. The van der Waals surface area contributed by atoms with Gasteiger partial charge in [-0.3, -0.25) is 4.90 Å². The molecule has 1 aliphatic heterocycles. The molecule has 0 saturated carbocycles. The molecule has 1 heterocycles. The van der Waals surface area contributed by atoms with Gasteiger partial charge in [0.1, 0.15) is 5.60 Å². The van der Waals surface area contributed by atoms with Gasteiger partial charge in [-0.05, 0) is 47.1 Å². The lowest BCUT2D eigenvalue weighted by molar-refractivity contribution is 0.0521. The van der Waals surface area contributed by atoms with Gasteiger partial charge in [-0.25, -0.2) is 4.79 Å². The van der Waals surface area contributed by atoms with Crippen molar-refractivity contribution in [1.29, 1.82) is 0 Å². The van der Waals surface area contributed by atoms with Crippen LogP contribution in [0.2, 0.25) is 0 Å².